The Morgan fingerprint density at radius 1 is 0.926 bits per heavy atom. The van der Waals surface area contributed by atoms with E-state index in [1.54, 1.807) is 44.2 Å². The van der Waals surface area contributed by atoms with Gasteiger partial charge in [0.05, 0.1) is 0 Å². The van der Waals surface area contributed by atoms with Crippen LogP contribution >= 0.6 is 0 Å². The van der Waals surface area contributed by atoms with Crippen LogP contribution in [0, 0.1) is 0 Å². The molecule has 1 aromatic rings. The molecule has 0 spiro atoms. The lowest BCUT2D eigenvalue weighted by atomic mass is 10.1. The molecule has 0 aliphatic carbocycles. The van der Waals surface area contributed by atoms with Crippen LogP contribution in [-0.4, -0.2) is 37.4 Å². The molecule has 27 heavy (non-hydrogen) atoms. The molecule has 156 valence electrons. The molecule has 0 radical (unpaired) electrons. The standard InChI is InChI=1S/C20H34O6S/c1-4-7-8-9-10-14-17-20(27(21,22)23,19(24-5-2)25-6-3)26-18-15-12-11-13-16-18/h11-13,15-16,19H,4-10,14,17H2,1-3H3,(H,21,22,23). The number of unbranched alkanes of at least 4 members (excludes halogenated alkanes) is 5. The van der Waals surface area contributed by atoms with E-state index in [4.69, 9.17) is 14.2 Å². The summed E-state index contributed by atoms with van der Waals surface area (Å²) in [6.45, 7) is 6.10. The van der Waals surface area contributed by atoms with Crippen molar-refractivity contribution in [3.8, 4) is 5.75 Å². The van der Waals surface area contributed by atoms with Crippen molar-refractivity contribution in [1.82, 2.24) is 0 Å². The van der Waals surface area contributed by atoms with Crippen LogP contribution in [-0.2, 0) is 19.6 Å². The van der Waals surface area contributed by atoms with Gasteiger partial charge in [-0.1, -0.05) is 57.2 Å². The molecule has 0 bridgehead atoms. The zero-order valence-corrected chi connectivity index (χ0v) is 17.5. The summed E-state index contributed by atoms with van der Waals surface area (Å²) in [6, 6.07) is 8.58. The van der Waals surface area contributed by atoms with Crippen LogP contribution in [0.4, 0.5) is 0 Å². The van der Waals surface area contributed by atoms with Gasteiger partial charge >= 0.3 is 10.1 Å². The Balaban J connectivity index is 3.11. The first-order chi connectivity index (χ1) is 12.9. The summed E-state index contributed by atoms with van der Waals surface area (Å²) in [5.41, 5.74) is 0. The smallest absolute Gasteiger partial charge is 0.311 e. The molecule has 1 atom stereocenters. The van der Waals surface area contributed by atoms with Gasteiger partial charge in [0.1, 0.15) is 5.75 Å². The van der Waals surface area contributed by atoms with Gasteiger partial charge in [0, 0.05) is 19.6 Å². The molecule has 0 amide bonds. The highest BCUT2D eigenvalue weighted by atomic mass is 32.2. The molecular weight excluding hydrogens is 368 g/mol. The van der Waals surface area contributed by atoms with Crippen LogP contribution in [0.25, 0.3) is 0 Å². The number of ether oxygens (including phenoxy) is 3. The average molecular weight is 403 g/mol. The minimum absolute atomic E-state index is 0.0809. The fourth-order valence-corrected chi connectivity index (χ4v) is 3.95. The van der Waals surface area contributed by atoms with Crippen molar-refractivity contribution < 1.29 is 27.2 Å². The summed E-state index contributed by atoms with van der Waals surface area (Å²) >= 11 is 0. The first kappa shape index (κ1) is 23.9. The van der Waals surface area contributed by atoms with Crippen LogP contribution in [0.5, 0.6) is 5.75 Å². The van der Waals surface area contributed by atoms with Crippen molar-refractivity contribution in [2.24, 2.45) is 0 Å². The minimum atomic E-state index is -4.64. The van der Waals surface area contributed by atoms with Gasteiger partial charge in [-0.25, -0.2) is 0 Å². The van der Waals surface area contributed by atoms with E-state index in [0.717, 1.165) is 32.1 Å². The van der Waals surface area contributed by atoms with Crippen LogP contribution in [0.2, 0.25) is 0 Å². The van der Waals surface area contributed by atoms with E-state index in [1.807, 2.05) is 0 Å². The number of para-hydroxylation sites is 1. The molecular formula is C20H34O6S. The SMILES string of the molecule is CCCCCCCCC(Oc1ccccc1)(C(OCC)OCC)S(=O)(=O)O. The fourth-order valence-electron chi connectivity index (χ4n) is 2.96. The highest BCUT2D eigenvalue weighted by Gasteiger charge is 2.54. The molecule has 0 saturated carbocycles. The quantitative estimate of drug-likeness (QED) is 0.258. The predicted molar refractivity (Wildman–Crippen MR) is 106 cm³/mol. The van der Waals surface area contributed by atoms with E-state index < -0.39 is 21.3 Å². The van der Waals surface area contributed by atoms with E-state index in [-0.39, 0.29) is 19.6 Å². The summed E-state index contributed by atoms with van der Waals surface area (Å²) in [6.07, 6.45) is 4.70. The Bertz CT molecular complexity index is 598. The normalized spacial score (nSPS) is 14.3. The Kier molecular flexibility index (Phi) is 10.9. The van der Waals surface area contributed by atoms with Gasteiger partial charge in [-0.2, -0.15) is 8.42 Å². The highest BCUT2D eigenvalue weighted by molar-refractivity contribution is 7.87. The maximum Gasteiger partial charge on any atom is 0.311 e. The number of rotatable bonds is 15. The van der Waals surface area contributed by atoms with Gasteiger partial charge in [0.25, 0.3) is 4.93 Å². The molecule has 0 heterocycles. The second-order valence-corrected chi connectivity index (χ2v) is 8.10. The van der Waals surface area contributed by atoms with Crippen molar-refractivity contribution in [2.75, 3.05) is 13.2 Å². The zero-order chi connectivity index (χ0) is 20.2. The lowest BCUT2D eigenvalue weighted by Crippen LogP contribution is -2.56. The highest BCUT2D eigenvalue weighted by Crippen LogP contribution is 2.34. The third-order valence-electron chi connectivity index (χ3n) is 4.34. The topological polar surface area (TPSA) is 82.1 Å². The van der Waals surface area contributed by atoms with Crippen molar-refractivity contribution in [1.29, 1.82) is 0 Å². The third kappa shape index (κ3) is 7.41. The monoisotopic (exact) mass is 402 g/mol. The van der Waals surface area contributed by atoms with Gasteiger partial charge in [0.15, 0.2) is 0 Å². The van der Waals surface area contributed by atoms with Crippen molar-refractivity contribution >= 4 is 10.1 Å². The Labute approximate surface area is 164 Å². The molecule has 1 aromatic carbocycles. The lowest BCUT2D eigenvalue weighted by molar-refractivity contribution is -0.200. The van der Waals surface area contributed by atoms with Crippen LogP contribution < -0.4 is 4.74 Å². The van der Waals surface area contributed by atoms with Gasteiger partial charge in [-0.05, 0) is 32.4 Å². The molecule has 1 N–H and O–H groups in total. The van der Waals surface area contributed by atoms with Gasteiger partial charge < -0.3 is 14.2 Å². The maximum absolute atomic E-state index is 12.5. The Morgan fingerprint density at radius 2 is 1.48 bits per heavy atom. The van der Waals surface area contributed by atoms with E-state index in [0.29, 0.717) is 12.2 Å². The average Bonchev–Trinajstić information content (AvgIpc) is 2.63. The molecule has 1 rings (SSSR count). The van der Waals surface area contributed by atoms with Crippen LogP contribution in [0.3, 0.4) is 0 Å². The molecule has 0 aliphatic heterocycles. The summed E-state index contributed by atoms with van der Waals surface area (Å²) in [7, 11) is -4.64. The molecule has 6 nitrogen and oxygen atoms in total. The molecule has 0 fully saturated rings. The largest absolute Gasteiger partial charge is 0.463 e. The van der Waals surface area contributed by atoms with Crippen LogP contribution in [0.1, 0.15) is 65.7 Å². The minimum Gasteiger partial charge on any atom is -0.463 e. The van der Waals surface area contributed by atoms with Crippen molar-refractivity contribution in [2.45, 2.75) is 76.9 Å². The Morgan fingerprint density at radius 3 is 2.00 bits per heavy atom. The maximum atomic E-state index is 12.5. The Hall–Kier alpha value is -1.15. The van der Waals surface area contributed by atoms with Gasteiger partial charge in [0.2, 0.25) is 6.29 Å². The lowest BCUT2D eigenvalue weighted by Gasteiger charge is -2.37. The second-order valence-electron chi connectivity index (χ2n) is 6.46. The summed E-state index contributed by atoms with van der Waals surface area (Å²) in [4.78, 5) is -2.01. The predicted octanol–water partition coefficient (Wildman–Crippen LogP) is 4.80. The number of hydrogen-bond acceptors (Lipinski definition) is 5. The van der Waals surface area contributed by atoms with Gasteiger partial charge in [-0.15, -0.1) is 0 Å². The van der Waals surface area contributed by atoms with Gasteiger partial charge in [-0.3, -0.25) is 4.55 Å². The van der Waals surface area contributed by atoms with E-state index >= 15 is 0 Å². The van der Waals surface area contributed by atoms with Crippen molar-refractivity contribution in [3.05, 3.63) is 30.3 Å². The van der Waals surface area contributed by atoms with Crippen molar-refractivity contribution in [3.63, 3.8) is 0 Å². The van der Waals surface area contributed by atoms with Crippen LogP contribution in [0.15, 0.2) is 30.3 Å². The van der Waals surface area contributed by atoms with E-state index in [2.05, 4.69) is 6.92 Å². The summed E-state index contributed by atoms with van der Waals surface area (Å²) < 4.78 is 52.1. The summed E-state index contributed by atoms with van der Waals surface area (Å²) in [5.74, 6) is 0.338. The molecule has 7 heteroatoms. The first-order valence-corrected chi connectivity index (χ1v) is 11.3. The molecule has 0 aromatic heterocycles. The fraction of sp³-hybridized carbons (Fsp3) is 0.700. The number of hydrogen-bond donors (Lipinski definition) is 1. The molecule has 0 aliphatic rings. The first-order valence-electron chi connectivity index (χ1n) is 9.85. The third-order valence-corrected chi connectivity index (χ3v) is 5.70. The molecule has 0 saturated heterocycles. The summed E-state index contributed by atoms with van der Waals surface area (Å²) in [5, 5.41) is 0. The molecule has 1 unspecified atom stereocenters. The van der Waals surface area contributed by atoms with E-state index in [9.17, 15) is 13.0 Å². The number of benzene rings is 1. The zero-order valence-electron chi connectivity index (χ0n) is 16.7. The second kappa shape index (κ2) is 12.3. The van der Waals surface area contributed by atoms with E-state index in [1.165, 1.54) is 0 Å².